The van der Waals surface area contributed by atoms with E-state index in [2.05, 4.69) is 62.2 Å². The van der Waals surface area contributed by atoms with Gasteiger partial charge in [-0.05, 0) is 37.2 Å². The van der Waals surface area contributed by atoms with Crippen molar-refractivity contribution in [1.29, 1.82) is 0 Å². The van der Waals surface area contributed by atoms with Gasteiger partial charge < -0.3 is 4.90 Å². The Labute approximate surface area is 127 Å². The molecule has 2 unspecified atom stereocenters. The topological polar surface area (TPSA) is 32.3 Å². The predicted octanol–water partition coefficient (Wildman–Crippen LogP) is 3.25. The normalized spacial score (nSPS) is 32.6. The van der Waals surface area contributed by atoms with Gasteiger partial charge in [-0.2, -0.15) is 0 Å². The third-order valence-corrected chi connectivity index (χ3v) is 4.94. The van der Waals surface area contributed by atoms with Crippen molar-refractivity contribution >= 4 is 5.91 Å². The second kappa shape index (κ2) is 5.45. The molecule has 21 heavy (non-hydrogen) atoms. The molecule has 3 heteroatoms. The lowest BCUT2D eigenvalue weighted by molar-refractivity contribution is -0.135. The van der Waals surface area contributed by atoms with Crippen molar-refractivity contribution in [3.63, 3.8) is 0 Å². The SMILES string of the molecule is Cc1ccc(C2NC(C(C)C)C(=O)N2C2CC(C)C2)cc1. The lowest BCUT2D eigenvalue weighted by Crippen LogP contribution is -2.47. The van der Waals surface area contributed by atoms with Crippen LogP contribution in [0.15, 0.2) is 24.3 Å². The van der Waals surface area contributed by atoms with Gasteiger partial charge in [0.15, 0.2) is 0 Å². The minimum Gasteiger partial charge on any atom is -0.319 e. The summed E-state index contributed by atoms with van der Waals surface area (Å²) < 4.78 is 0. The lowest BCUT2D eigenvalue weighted by atomic mass is 9.80. The van der Waals surface area contributed by atoms with Gasteiger partial charge in [-0.3, -0.25) is 10.1 Å². The van der Waals surface area contributed by atoms with Crippen LogP contribution in [0.3, 0.4) is 0 Å². The van der Waals surface area contributed by atoms with Crippen LogP contribution >= 0.6 is 0 Å². The van der Waals surface area contributed by atoms with Crippen molar-refractivity contribution in [3.8, 4) is 0 Å². The first kappa shape index (κ1) is 14.6. The van der Waals surface area contributed by atoms with Crippen molar-refractivity contribution in [3.05, 3.63) is 35.4 Å². The summed E-state index contributed by atoms with van der Waals surface area (Å²) in [7, 11) is 0. The van der Waals surface area contributed by atoms with Gasteiger partial charge in [-0.1, -0.05) is 50.6 Å². The van der Waals surface area contributed by atoms with E-state index in [0.717, 1.165) is 18.8 Å². The zero-order valence-electron chi connectivity index (χ0n) is 13.5. The van der Waals surface area contributed by atoms with Crippen LogP contribution < -0.4 is 5.32 Å². The van der Waals surface area contributed by atoms with Crippen molar-refractivity contribution in [2.45, 2.75) is 58.8 Å². The first-order valence-electron chi connectivity index (χ1n) is 8.12. The highest BCUT2D eigenvalue weighted by Crippen LogP contribution is 2.39. The summed E-state index contributed by atoms with van der Waals surface area (Å²) in [6.45, 7) is 8.61. The number of amides is 1. The highest BCUT2D eigenvalue weighted by atomic mass is 16.2. The van der Waals surface area contributed by atoms with E-state index in [-0.39, 0.29) is 18.1 Å². The van der Waals surface area contributed by atoms with Crippen LogP contribution in [0, 0.1) is 18.8 Å². The Morgan fingerprint density at radius 1 is 1.19 bits per heavy atom. The van der Waals surface area contributed by atoms with Crippen LogP contribution in [0.1, 0.15) is 50.9 Å². The molecule has 114 valence electrons. The first-order valence-corrected chi connectivity index (χ1v) is 8.12. The fraction of sp³-hybridized carbons (Fsp3) is 0.611. The Balaban J connectivity index is 1.88. The highest BCUT2D eigenvalue weighted by molar-refractivity contribution is 5.85. The van der Waals surface area contributed by atoms with Gasteiger partial charge in [0.05, 0.1) is 6.04 Å². The highest BCUT2D eigenvalue weighted by Gasteiger charge is 2.46. The Kier molecular flexibility index (Phi) is 3.78. The van der Waals surface area contributed by atoms with Gasteiger partial charge in [0, 0.05) is 6.04 Å². The van der Waals surface area contributed by atoms with Gasteiger partial charge in [0.1, 0.15) is 6.17 Å². The van der Waals surface area contributed by atoms with Crippen LogP contribution in [0.4, 0.5) is 0 Å². The smallest absolute Gasteiger partial charge is 0.241 e. The van der Waals surface area contributed by atoms with Crippen molar-refractivity contribution < 1.29 is 4.79 Å². The molecule has 1 aromatic rings. The minimum absolute atomic E-state index is 0.0444. The second-order valence-electron chi connectivity index (χ2n) is 7.18. The molecule has 0 spiro atoms. The van der Waals surface area contributed by atoms with E-state index in [1.165, 1.54) is 11.1 Å². The lowest BCUT2D eigenvalue weighted by Gasteiger charge is -2.42. The quantitative estimate of drug-likeness (QED) is 0.925. The molecular weight excluding hydrogens is 260 g/mol. The maximum Gasteiger partial charge on any atom is 0.241 e. The van der Waals surface area contributed by atoms with E-state index in [4.69, 9.17) is 0 Å². The monoisotopic (exact) mass is 286 g/mol. The Morgan fingerprint density at radius 3 is 2.33 bits per heavy atom. The van der Waals surface area contributed by atoms with Crippen LogP contribution in [0.25, 0.3) is 0 Å². The molecule has 1 N–H and O–H groups in total. The van der Waals surface area contributed by atoms with Gasteiger partial charge in [0.25, 0.3) is 0 Å². The number of hydrogen-bond donors (Lipinski definition) is 1. The van der Waals surface area contributed by atoms with Crippen molar-refractivity contribution in [2.75, 3.05) is 0 Å². The van der Waals surface area contributed by atoms with E-state index in [9.17, 15) is 4.79 Å². The maximum atomic E-state index is 12.8. The molecule has 1 aromatic carbocycles. The number of hydrogen-bond acceptors (Lipinski definition) is 2. The number of carbonyl (C=O) groups is 1. The molecule has 1 heterocycles. The fourth-order valence-corrected chi connectivity index (χ4v) is 3.57. The number of aryl methyl sites for hydroxylation is 1. The number of nitrogens with one attached hydrogen (secondary N) is 1. The molecule has 3 nitrogen and oxygen atoms in total. The minimum atomic E-state index is -0.0489. The Hall–Kier alpha value is -1.35. The van der Waals surface area contributed by atoms with E-state index >= 15 is 0 Å². The number of benzene rings is 1. The average molecular weight is 286 g/mol. The summed E-state index contributed by atoms with van der Waals surface area (Å²) in [6, 6.07) is 8.93. The van der Waals surface area contributed by atoms with Crippen LogP contribution in [-0.2, 0) is 4.79 Å². The van der Waals surface area contributed by atoms with Crippen LogP contribution in [0.2, 0.25) is 0 Å². The standard InChI is InChI=1S/C18H26N2O/c1-11(2)16-18(21)20(15-9-13(4)10-15)17(19-16)14-7-5-12(3)6-8-14/h5-8,11,13,15-17,19H,9-10H2,1-4H3. The van der Waals surface area contributed by atoms with E-state index in [0.29, 0.717) is 12.0 Å². The third kappa shape index (κ3) is 2.59. The molecule has 1 aliphatic carbocycles. The van der Waals surface area contributed by atoms with Gasteiger partial charge in [-0.15, -0.1) is 0 Å². The van der Waals surface area contributed by atoms with E-state index < -0.39 is 0 Å². The number of carbonyl (C=O) groups excluding carboxylic acids is 1. The van der Waals surface area contributed by atoms with Crippen molar-refractivity contribution in [1.82, 2.24) is 10.2 Å². The summed E-state index contributed by atoms with van der Waals surface area (Å²) in [5.41, 5.74) is 2.46. The molecule has 0 aromatic heterocycles. The summed E-state index contributed by atoms with van der Waals surface area (Å²) in [4.78, 5) is 14.9. The molecule has 2 atom stereocenters. The largest absolute Gasteiger partial charge is 0.319 e. The second-order valence-corrected chi connectivity index (χ2v) is 7.18. The molecule has 2 aliphatic rings. The molecule has 1 amide bonds. The first-order chi connectivity index (χ1) is 9.97. The van der Waals surface area contributed by atoms with Gasteiger partial charge >= 0.3 is 0 Å². The Morgan fingerprint density at radius 2 is 1.81 bits per heavy atom. The van der Waals surface area contributed by atoms with Gasteiger partial charge in [0.2, 0.25) is 5.91 Å². The zero-order chi connectivity index (χ0) is 15.1. The zero-order valence-corrected chi connectivity index (χ0v) is 13.5. The molecular formula is C18H26N2O. The Bertz CT molecular complexity index is 517. The van der Waals surface area contributed by atoms with E-state index in [1.54, 1.807) is 0 Å². The molecule has 1 aliphatic heterocycles. The maximum absolute atomic E-state index is 12.8. The summed E-state index contributed by atoms with van der Waals surface area (Å²) in [5.74, 6) is 1.36. The third-order valence-electron chi connectivity index (χ3n) is 4.94. The van der Waals surface area contributed by atoms with Gasteiger partial charge in [-0.25, -0.2) is 0 Å². The van der Waals surface area contributed by atoms with E-state index in [1.807, 2.05) is 0 Å². The molecule has 3 rings (SSSR count). The molecule has 0 radical (unpaired) electrons. The summed E-state index contributed by atoms with van der Waals surface area (Å²) >= 11 is 0. The van der Waals surface area contributed by atoms with Crippen LogP contribution in [0.5, 0.6) is 0 Å². The molecule has 1 saturated heterocycles. The van der Waals surface area contributed by atoms with Crippen LogP contribution in [-0.4, -0.2) is 22.9 Å². The molecule has 0 bridgehead atoms. The molecule has 1 saturated carbocycles. The summed E-state index contributed by atoms with van der Waals surface area (Å²) in [6.07, 6.45) is 2.32. The fourth-order valence-electron chi connectivity index (χ4n) is 3.57. The van der Waals surface area contributed by atoms with Crippen molar-refractivity contribution in [2.24, 2.45) is 11.8 Å². The average Bonchev–Trinajstić information content (AvgIpc) is 2.74. The predicted molar refractivity (Wildman–Crippen MR) is 84.7 cm³/mol. The number of nitrogens with zero attached hydrogens (tertiary/aromatic N) is 1. The number of rotatable bonds is 3. The summed E-state index contributed by atoms with van der Waals surface area (Å²) in [5, 5.41) is 3.57. The molecule has 2 fully saturated rings.